The minimum absolute atomic E-state index is 0.287. The summed E-state index contributed by atoms with van der Waals surface area (Å²) in [6.45, 7) is 11.2. The second-order valence-corrected chi connectivity index (χ2v) is 4.10. The van der Waals surface area contributed by atoms with Gasteiger partial charge in [0.1, 0.15) is 0 Å². The van der Waals surface area contributed by atoms with E-state index in [2.05, 4.69) is 35.9 Å². The summed E-state index contributed by atoms with van der Waals surface area (Å²) in [5.41, 5.74) is 0. The Balaban J connectivity index is 2.50. The minimum Gasteiger partial charge on any atom is -0.374 e. The average molecular weight is 224 g/mol. The number of ether oxygens (including phenoxy) is 1. The first-order valence-corrected chi connectivity index (χ1v) is 6.28. The van der Waals surface area contributed by atoms with Gasteiger partial charge in [-0.2, -0.15) is 0 Å². The third-order valence-corrected chi connectivity index (χ3v) is 3.04. The predicted molar refractivity (Wildman–Crippen MR) is 67.4 cm³/mol. The summed E-state index contributed by atoms with van der Waals surface area (Å²) < 4.78 is 5.85. The van der Waals surface area contributed by atoms with Crippen molar-refractivity contribution in [2.45, 2.75) is 39.3 Å². The van der Waals surface area contributed by atoms with Crippen LogP contribution in [0.2, 0.25) is 0 Å². The van der Waals surface area contributed by atoms with Crippen LogP contribution in [0.5, 0.6) is 0 Å². The zero-order valence-electron chi connectivity index (χ0n) is 10.8. The summed E-state index contributed by atoms with van der Waals surface area (Å²) >= 11 is 0. The van der Waals surface area contributed by atoms with Gasteiger partial charge in [-0.05, 0) is 20.0 Å². The Kier molecular flexibility index (Phi) is 6.47. The van der Waals surface area contributed by atoms with Crippen LogP contribution in [0.1, 0.15) is 27.2 Å². The number of rotatable bonds is 5. The fraction of sp³-hybridized carbons (Fsp3) is 0.846. The standard InChI is InChI=1S/C13H24N2O/c1-4-7-8-12(14-5-2)13-11-15(6-3)9-10-16-13/h12-14H,5-6,8-11H2,1-3H3. The van der Waals surface area contributed by atoms with Gasteiger partial charge in [0, 0.05) is 25.6 Å². The molecule has 0 aromatic heterocycles. The average Bonchev–Trinajstić information content (AvgIpc) is 2.34. The Bertz CT molecular complexity index is 244. The third kappa shape index (κ3) is 4.13. The van der Waals surface area contributed by atoms with Gasteiger partial charge in [-0.25, -0.2) is 0 Å². The van der Waals surface area contributed by atoms with Gasteiger partial charge >= 0.3 is 0 Å². The highest BCUT2D eigenvalue weighted by Crippen LogP contribution is 2.11. The van der Waals surface area contributed by atoms with Crippen LogP contribution < -0.4 is 5.32 Å². The van der Waals surface area contributed by atoms with Crippen molar-refractivity contribution in [1.82, 2.24) is 10.2 Å². The monoisotopic (exact) mass is 224 g/mol. The van der Waals surface area contributed by atoms with E-state index in [0.29, 0.717) is 6.04 Å². The Labute approximate surface area is 99.5 Å². The molecular weight excluding hydrogens is 200 g/mol. The molecule has 3 nitrogen and oxygen atoms in total. The SMILES string of the molecule is CC#CCC(NCC)C1CN(CC)CCO1. The van der Waals surface area contributed by atoms with Gasteiger partial charge in [-0.1, -0.05) is 13.8 Å². The molecule has 3 heteroatoms. The fourth-order valence-electron chi connectivity index (χ4n) is 2.07. The molecule has 0 bridgehead atoms. The molecule has 1 heterocycles. The zero-order chi connectivity index (χ0) is 11.8. The van der Waals surface area contributed by atoms with Crippen molar-refractivity contribution in [2.24, 2.45) is 0 Å². The quantitative estimate of drug-likeness (QED) is 0.708. The zero-order valence-corrected chi connectivity index (χ0v) is 10.8. The largest absolute Gasteiger partial charge is 0.374 e. The van der Waals surface area contributed by atoms with E-state index in [0.717, 1.165) is 39.2 Å². The van der Waals surface area contributed by atoms with Gasteiger partial charge in [-0.15, -0.1) is 11.8 Å². The van der Waals surface area contributed by atoms with E-state index in [-0.39, 0.29) is 6.10 Å². The molecule has 1 rings (SSSR count). The lowest BCUT2D eigenvalue weighted by atomic mass is 10.1. The molecule has 92 valence electrons. The Morgan fingerprint density at radius 3 is 2.94 bits per heavy atom. The van der Waals surface area contributed by atoms with Crippen LogP contribution in [0.25, 0.3) is 0 Å². The van der Waals surface area contributed by atoms with Crippen LogP contribution >= 0.6 is 0 Å². The van der Waals surface area contributed by atoms with Crippen molar-refractivity contribution in [3.05, 3.63) is 0 Å². The van der Waals surface area contributed by atoms with Gasteiger partial charge in [0.25, 0.3) is 0 Å². The second-order valence-electron chi connectivity index (χ2n) is 4.10. The fourth-order valence-corrected chi connectivity index (χ4v) is 2.07. The first-order chi connectivity index (χ1) is 7.81. The van der Waals surface area contributed by atoms with E-state index in [1.165, 1.54) is 0 Å². The van der Waals surface area contributed by atoms with Crippen molar-refractivity contribution in [3.63, 3.8) is 0 Å². The molecule has 0 aromatic rings. The molecule has 0 aromatic carbocycles. The lowest BCUT2D eigenvalue weighted by Crippen LogP contribution is -2.52. The maximum absolute atomic E-state index is 5.85. The number of nitrogens with zero attached hydrogens (tertiary/aromatic N) is 1. The number of nitrogens with one attached hydrogen (secondary N) is 1. The molecule has 0 amide bonds. The topological polar surface area (TPSA) is 24.5 Å². The molecule has 0 aliphatic carbocycles. The second kappa shape index (κ2) is 7.67. The third-order valence-electron chi connectivity index (χ3n) is 3.04. The van der Waals surface area contributed by atoms with Gasteiger partial charge in [0.05, 0.1) is 12.7 Å². The molecule has 16 heavy (non-hydrogen) atoms. The molecule has 0 radical (unpaired) electrons. The normalized spacial score (nSPS) is 23.6. The van der Waals surface area contributed by atoms with E-state index in [9.17, 15) is 0 Å². The molecule has 1 saturated heterocycles. The molecule has 0 spiro atoms. The van der Waals surface area contributed by atoms with Gasteiger partial charge < -0.3 is 10.1 Å². The van der Waals surface area contributed by atoms with Gasteiger partial charge in [0.2, 0.25) is 0 Å². The summed E-state index contributed by atoms with van der Waals surface area (Å²) in [4.78, 5) is 2.44. The number of likely N-dealkylation sites (N-methyl/N-ethyl adjacent to an activating group) is 2. The van der Waals surface area contributed by atoms with Crippen LogP contribution in [-0.4, -0.2) is 49.8 Å². The van der Waals surface area contributed by atoms with Gasteiger partial charge in [-0.3, -0.25) is 4.90 Å². The first kappa shape index (κ1) is 13.5. The summed E-state index contributed by atoms with van der Waals surface area (Å²) in [5, 5.41) is 3.48. The predicted octanol–water partition coefficient (Wildman–Crippen LogP) is 1.10. The molecule has 1 fully saturated rings. The highest BCUT2D eigenvalue weighted by atomic mass is 16.5. The highest BCUT2D eigenvalue weighted by molar-refractivity contribution is 5.00. The van der Waals surface area contributed by atoms with Crippen molar-refractivity contribution >= 4 is 0 Å². The summed E-state index contributed by atoms with van der Waals surface area (Å²) in [6, 6.07) is 0.367. The molecule has 1 N–H and O–H groups in total. The van der Waals surface area contributed by atoms with E-state index in [1.54, 1.807) is 0 Å². The molecule has 2 atom stereocenters. The van der Waals surface area contributed by atoms with Crippen LogP contribution in [0.3, 0.4) is 0 Å². The van der Waals surface area contributed by atoms with Crippen molar-refractivity contribution < 1.29 is 4.74 Å². The molecule has 1 aliphatic heterocycles. The van der Waals surface area contributed by atoms with E-state index in [1.807, 2.05) is 6.92 Å². The van der Waals surface area contributed by atoms with E-state index < -0.39 is 0 Å². The van der Waals surface area contributed by atoms with Gasteiger partial charge in [0.15, 0.2) is 0 Å². The summed E-state index contributed by atoms with van der Waals surface area (Å²) in [6.07, 6.45) is 1.17. The maximum Gasteiger partial charge on any atom is 0.0864 e. The van der Waals surface area contributed by atoms with Crippen LogP contribution in [0.4, 0.5) is 0 Å². The maximum atomic E-state index is 5.85. The lowest BCUT2D eigenvalue weighted by Gasteiger charge is -2.36. The molecular formula is C13H24N2O. The molecule has 2 unspecified atom stereocenters. The van der Waals surface area contributed by atoms with E-state index >= 15 is 0 Å². The molecule has 1 aliphatic rings. The highest BCUT2D eigenvalue weighted by Gasteiger charge is 2.26. The van der Waals surface area contributed by atoms with Crippen molar-refractivity contribution in [1.29, 1.82) is 0 Å². The first-order valence-electron chi connectivity index (χ1n) is 6.28. The number of hydrogen-bond donors (Lipinski definition) is 1. The van der Waals surface area contributed by atoms with Crippen molar-refractivity contribution in [3.8, 4) is 11.8 Å². The smallest absolute Gasteiger partial charge is 0.0864 e. The minimum atomic E-state index is 0.287. The number of morpholine rings is 1. The van der Waals surface area contributed by atoms with Crippen LogP contribution in [0, 0.1) is 11.8 Å². The van der Waals surface area contributed by atoms with Crippen molar-refractivity contribution in [2.75, 3.05) is 32.8 Å². The van der Waals surface area contributed by atoms with E-state index in [4.69, 9.17) is 4.74 Å². The summed E-state index contributed by atoms with van der Waals surface area (Å²) in [7, 11) is 0. The summed E-state index contributed by atoms with van der Waals surface area (Å²) in [5.74, 6) is 6.11. The number of hydrogen-bond acceptors (Lipinski definition) is 3. The van der Waals surface area contributed by atoms with Crippen LogP contribution in [0.15, 0.2) is 0 Å². The Morgan fingerprint density at radius 1 is 1.50 bits per heavy atom. The molecule has 0 saturated carbocycles. The Hall–Kier alpha value is -0.560. The lowest BCUT2D eigenvalue weighted by molar-refractivity contribution is -0.0437. The Morgan fingerprint density at radius 2 is 2.31 bits per heavy atom. The van der Waals surface area contributed by atoms with Crippen LogP contribution in [-0.2, 0) is 4.74 Å².